The predicted octanol–water partition coefficient (Wildman–Crippen LogP) is 3.62. The molecule has 6 nitrogen and oxygen atoms in total. The Morgan fingerprint density at radius 3 is 2.66 bits per heavy atom. The summed E-state index contributed by atoms with van der Waals surface area (Å²) in [5, 5.41) is 12.1. The summed E-state index contributed by atoms with van der Waals surface area (Å²) in [5.41, 5.74) is 3.37. The smallest absolute Gasteiger partial charge is 0.230 e. The summed E-state index contributed by atoms with van der Waals surface area (Å²) in [7, 11) is 2.06. The number of hydrogen-bond acceptors (Lipinski definition) is 5. The third-order valence-electron chi connectivity index (χ3n) is 4.58. The lowest BCUT2D eigenvalue weighted by atomic mass is 10.2. The third kappa shape index (κ3) is 5.84. The van der Waals surface area contributed by atoms with Crippen molar-refractivity contribution in [1.82, 2.24) is 20.1 Å². The molecule has 0 bridgehead atoms. The number of thioether (sulfide) groups is 1. The molecule has 0 aliphatic carbocycles. The highest BCUT2D eigenvalue weighted by Gasteiger charge is 2.13. The number of nitrogens with zero attached hydrogens (tertiary/aromatic N) is 4. The van der Waals surface area contributed by atoms with Gasteiger partial charge in [-0.2, -0.15) is 0 Å². The van der Waals surface area contributed by atoms with E-state index >= 15 is 0 Å². The fourth-order valence-corrected chi connectivity index (χ4v) is 3.86. The summed E-state index contributed by atoms with van der Waals surface area (Å²) in [6, 6.07) is 18.4. The molecule has 3 aromatic rings. The van der Waals surface area contributed by atoms with E-state index in [0.29, 0.717) is 12.3 Å². The number of hydrogen-bond donors (Lipinski definition) is 1. The summed E-state index contributed by atoms with van der Waals surface area (Å²) in [6.07, 6.45) is 0.889. The van der Waals surface area contributed by atoms with E-state index in [4.69, 9.17) is 0 Å². The van der Waals surface area contributed by atoms with Gasteiger partial charge < -0.3 is 10.2 Å². The highest BCUT2D eigenvalue weighted by atomic mass is 32.2. The van der Waals surface area contributed by atoms with Gasteiger partial charge in [0.25, 0.3) is 0 Å². The van der Waals surface area contributed by atoms with Crippen molar-refractivity contribution in [2.75, 3.05) is 30.8 Å². The van der Waals surface area contributed by atoms with Crippen LogP contribution >= 0.6 is 11.8 Å². The second-order valence-electron chi connectivity index (χ2n) is 6.95. The lowest BCUT2D eigenvalue weighted by Gasteiger charge is -2.19. The van der Waals surface area contributed by atoms with Gasteiger partial charge in [-0.25, -0.2) is 0 Å². The number of rotatable bonds is 9. The monoisotopic (exact) mass is 409 g/mol. The van der Waals surface area contributed by atoms with Gasteiger partial charge in [0.15, 0.2) is 5.16 Å². The zero-order chi connectivity index (χ0) is 20.6. The SMILES string of the molecule is Cc1cccc(-n2c(C)nnc2SCC(=O)NCCCN(C)c2ccccc2)c1. The Hall–Kier alpha value is -2.80. The maximum Gasteiger partial charge on any atom is 0.230 e. The fraction of sp³-hybridized carbons (Fsp3) is 0.318. The molecule has 0 atom stereocenters. The number of para-hydroxylation sites is 1. The molecule has 0 aliphatic rings. The van der Waals surface area contributed by atoms with Crippen LogP contribution in [0.25, 0.3) is 5.69 Å². The van der Waals surface area contributed by atoms with E-state index < -0.39 is 0 Å². The summed E-state index contributed by atoms with van der Waals surface area (Å²) in [6.45, 7) is 5.51. The first kappa shape index (κ1) is 20.9. The topological polar surface area (TPSA) is 63.1 Å². The predicted molar refractivity (Wildman–Crippen MR) is 119 cm³/mol. The van der Waals surface area contributed by atoms with Crippen LogP contribution in [0.4, 0.5) is 5.69 Å². The van der Waals surface area contributed by atoms with Crippen molar-refractivity contribution in [3.05, 3.63) is 66.0 Å². The Morgan fingerprint density at radius 2 is 1.90 bits per heavy atom. The van der Waals surface area contributed by atoms with Gasteiger partial charge >= 0.3 is 0 Å². The van der Waals surface area contributed by atoms with Crippen LogP contribution in [0.3, 0.4) is 0 Å². The molecule has 0 spiro atoms. The van der Waals surface area contributed by atoms with E-state index in [-0.39, 0.29) is 5.91 Å². The third-order valence-corrected chi connectivity index (χ3v) is 5.51. The number of aromatic nitrogens is 3. The molecular formula is C22H27N5OS. The van der Waals surface area contributed by atoms with Crippen molar-refractivity contribution in [3.63, 3.8) is 0 Å². The van der Waals surface area contributed by atoms with Gasteiger partial charge in [-0.3, -0.25) is 9.36 Å². The van der Waals surface area contributed by atoms with Crippen LogP contribution in [0, 0.1) is 13.8 Å². The molecule has 0 fully saturated rings. The molecule has 1 heterocycles. The van der Waals surface area contributed by atoms with Crippen molar-refractivity contribution in [2.45, 2.75) is 25.4 Å². The lowest BCUT2D eigenvalue weighted by molar-refractivity contribution is -0.118. The molecule has 0 aliphatic heterocycles. The molecule has 0 radical (unpaired) electrons. The van der Waals surface area contributed by atoms with Gasteiger partial charge in [0.1, 0.15) is 5.82 Å². The van der Waals surface area contributed by atoms with Gasteiger partial charge in [0.05, 0.1) is 5.75 Å². The minimum Gasteiger partial charge on any atom is -0.375 e. The number of carbonyl (C=O) groups excluding carboxylic acids is 1. The lowest BCUT2D eigenvalue weighted by Crippen LogP contribution is -2.29. The molecule has 3 rings (SSSR count). The Balaban J connectivity index is 1.46. The number of amides is 1. The summed E-state index contributed by atoms with van der Waals surface area (Å²) < 4.78 is 1.99. The molecule has 0 saturated carbocycles. The Morgan fingerprint density at radius 1 is 1.10 bits per heavy atom. The van der Waals surface area contributed by atoms with Crippen LogP contribution < -0.4 is 10.2 Å². The van der Waals surface area contributed by atoms with Crippen LogP contribution in [0.15, 0.2) is 59.8 Å². The van der Waals surface area contributed by atoms with Gasteiger partial charge in [-0.15, -0.1) is 10.2 Å². The molecular weight excluding hydrogens is 382 g/mol. The van der Waals surface area contributed by atoms with E-state index in [1.54, 1.807) is 0 Å². The largest absolute Gasteiger partial charge is 0.375 e. The first-order chi connectivity index (χ1) is 14.0. The van der Waals surface area contributed by atoms with Gasteiger partial charge in [0, 0.05) is 31.5 Å². The number of benzene rings is 2. The van der Waals surface area contributed by atoms with E-state index in [1.807, 2.05) is 41.8 Å². The standard InChI is InChI=1S/C22H27N5OS/c1-17-9-7-12-20(15-17)27-18(2)24-25-22(27)29-16-21(28)23-13-8-14-26(3)19-10-5-4-6-11-19/h4-7,9-12,15H,8,13-14,16H2,1-3H3,(H,23,28). The zero-order valence-electron chi connectivity index (χ0n) is 17.1. The quantitative estimate of drug-likeness (QED) is 0.432. The summed E-state index contributed by atoms with van der Waals surface area (Å²) >= 11 is 1.40. The number of carbonyl (C=O) groups is 1. The summed E-state index contributed by atoms with van der Waals surface area (Å²) in [4.78, 5) is 14.4. The zero-order valence-corrected chi connectivity index (χ0v) is 17.9. The Labute approximate surface area is 176 Å². The van der Waals surface area contributed by atoms with E-state index in [2.05, 4.69) is 58.7 Å². The first-order valence-corrected chi connectivity index (χ1v) is 10.7. The molecule has 1 N–H and O–H groups in total. The first-order valence-electron chi connectivity index (χ1n) is 9.69. The van der Waals surface area contributed by atoms with E-state index in [1.165, 1.54) is 23.0 Å². The maximum atomic E-state index is 12.2. The molecule has 2 aromatic carbocycles. The number of aryl methyl sites for hydroxylation is 2. The van der Waals surface area contributed by atoms with Crippen molar-refractivity contribution < 1.29 is 4.79 Å². The van der Waals surface area contributed by atoms with Crippen LogP contribution in [0.2, 0.25) is 0 Å². The maximum absolute atomic E-state index is 12.2. The van der Waals surface area contributed by atoms with E-state index in [9.17, 15) is 4.79 Å². The molecule has 0 saturated heterocycles. The van der Waals surface area contributed by atoms with Crippen molar-refractivity contribution >= 4 is 23.4 Å². The van der Waals surface area contributed by atoms with Crippen LogP contribution in [0.5, 0.6) is 0 Å². The fourth-order valence-electron chi connectivity index (χ4n) is 3.04. The normalized spacial score (nSPS) is 10.7. The average molecular weight is 410 g/mol. The molecule has 1 aromatic heterocycles. The van der Waals surface area contributed by atoms with Crippen molar-refractivity contribution in [2.24, 2.45) is 0 Å². The highest BCUT2D eigenvalue weighted by Crippen LogP contribution is 2.22. The minimum atomic E-state index is 0.00816. The number of anilines is 1. The van der Waals surface area contributed by atoms with Crippen molar-refractivity contribution in [3.8, 4) is 5.69 Å². The van der Waals surface area contributed by atoms with Crippen LogP contribution in [0.1, 0.15) is 17.8 Å². The van der Waals surface area contributed by atoms with Crippen LogP contribution in [-0.4, -0.2) is 46.6 Å². The molecule has 0 unspecified atom stereocenters. The summed E-state index contributed by atoms with van der Waals surface area (Å²) in [5.74, 6) is 1.13. The number of nitrogens with one attached hydrogen (secondary N) is 1. The Kier molecular flexibility index (Phi) is 7.30. The second-order valence-corrected chi connectivity index (χ2v) is 7.90. The highest BCUT2D eigenvalue weighted by molar-refractivity contribution is 7.99. The minimum absolute atomic E-state index is 0.00816. The van der Waals surface area contributed by atoms with E-state index in [0.717, 1.165) is 29.6 Å². The molecule has 152 valence electrons. The van der Waals surface area contributed by atoms with Crippen LogP contribution in [-0.2, 0) is 4.79 Å². The Bertz CT molecular complexity index is 941. The van der Waals surface area contributed by atoms with Gasteiger partial charge in [-0.05, 0) is 50.1 Å². The molecule has 1 amide bonds. The molecule has 7 heteroatoms. The van der Waals surface area contributed by atoms with Gasteiger partial charge in [0.2, 0.25) is 5.91 Å². The van der Waals surface area contributed by atoms with Gasteiger partial charge in [-0.1, -0.05) is 42.1 Å². The molecule has 29 heavy (non-hydrogen) atoms. The average Bonchev–Trinajstić information content (AvgIpc) is 3.10. The van der Waals surface area contributed by atoms with Crippen molar-refractivity contribution in [1.29, 1.82) is 0 Å². The second kappa shape index (κ2) is 10.1.